The summed E-state index contributed by atoms with van der Waals surface area (Å²) in [6, 6.07) is 1.95. The molecule has 0 aromatic carbocycles. The van der Waals surface area contributed by atoms with Crippen LogP contribution in [0.5, 0.6) is 0 Å². The van der Waals surface area contributed by atoms with E-state index in [1.807, 2.05) is 19.9 Å². The van der Waals surface area contributed by atoms with Gasteiger partial charge in [0.1, 0.15) is 0 Å². The quantitative estimate of drug-likeness (QED) is 0.681. The normalized spacial score (nSPS) is 16.9. The highest BCUT2D eigenvalue weighted by Crippen LogP contribution is 2.37. The lowest BCUT2D eigenvalue weighted by Gasteiger charge is -2.34. The van der Waals surface area contributed by atoms with E-state index in [2.05, 4.69) is 20.1 Å². The molecule has 1 saturated carbocycles. The summed E-state index contributed by atoms with van der Waals surface area (Å²) in [7, 11) is 0. The van der Waals surface area contributed by atoms with E-state index in [4.69, 9.17) is 10.3 Å². The second kappa shape index (κ2) is 5.14. The molecule has 0 saturated heterocycles. The lowest BCUT2D eigenvalue weighted by atomic mass is 9.77. The summed E-state index contributed by atoms with van der Waals surface area (Å²) in [5, 5.41) is 4.72. The van der Waals surface area contributed by atoms with Gasteiger partial charge in [0.05, 0.1) is 11.3 Å². The number of aromatic nitrogens is 4. The summed E-state index contributed by atoms with van der Waals surface area (Å²) < 4.78 is 5.25. The monoisotopic (exact) mass is 291 g/mol. The standard InChI is InChI=1S/C13H17N5OS/c1-8-6-9(2)16-12(15-8)20-7-10-17-11(18-19-10)13(14)4-3-5-13/h6H,3-5,7,14H2,1-2H3. The molecule has 1 fully saturated rings. The molecule has 3 rings (SSSR count). The highest BCUT2D eigenvalue weighted by molar-refractivity contribution is 7.98. The maximum atomic E-state index is 6.17. The number of hydrogen-bond donors (Lipinski definition) is 1. The summed E-state index contributed by atoms with van der Waals surface area (Å²) in [5.41, 5.74) is 7.72. The van der Waals surface area contributed by atoms with Gasteiger partial charge in [0.15, 0.2) is 11.0 Å². The van der Waals surface area contributed by atoms with Gasteiger partial charge in [0.25, 0.3) is 0 Å². The Kier molecular flexibility index (Phi) is 3.47. The third kappa shape index (κ3) is 2.69. The van der Waals surface area contributed by atoms with Gasteiger partial charge < -0.3 is 10.3 Å². The highest BCUT2D eigenvalue weighted by atomic mass is 32.2. The Balaban J connectivity index is 1.66. The van der Waals surface area contributed by atoms with Crippen molar-refractivity contribution in [2.45, 2.75) is 49.6 Å². The molecule has 7 heteroatoms. The van der Waals surface area contributed by atoms with Crippen molar-refractivity contribution < 1.29 is 4.52 Å². The van der Waals surface area contributed by atoms with Crippen molar-refractivity contribution in [1.82, 2.24) is 20.1 Å². The predicted octanol–water partition coefficient (Wildman–Crippen LogP) is 2.11. The molecule has 0 amide bonds. The van der Waals surface area contributed by atoms with Crippen LogP contribution in [0.3, 0.4) is 0 Å². The fourth-order valence-electron chi connectivity index (χ4n) is 2.18. The van der Waals surface area contributed by atoms with Crippen molar-refractivity contribution in [2.75, 3.05) is 0 Å². The molecular weight excluding hydrogens is 274 g/mol. The van der Waals surface area contributed by atoms with Crippen molar-refractivity contribution >= 4 is 11.8 Å². The van der Waals surface area contributed by atoms with Crippen LogP contribution in [-0.4, -0.2) is 20.1 Å². The van der Waals surface area contributed by atoms with E-state index in [9.17, 15) is 0 Å². The molecule has 6 nitrogen and oxygen atoms in total. The molecule has 2 aromatic heterocycles. The van der Waals surface area contributed by atoms with Crippen LogP contribution in [-0.2, 0) is 11.3 Å². The second-order valence-electron chi connectivity index (χ2n) is 5.24. The van der Waals surface area contributed by atoms with Crippen molar-refractivity contribution in [1.29, 1.82) is 0 Å². The largest absolute Gasteiger partial charge is 0.338 e. The maximum Gasteiger partial charge on any atom is 0.237 e. The average Bonchev–Trinajstić information content (AvgIpc) is 2.81. The van der Waals surface area contributed by atoms with Crippen LogP contribution in [0.25, 0.3) is 0 Å². The molecule has 1 aliphatic carbocycles. The molecule has 2 aromatic rings. The number of rotatable bonds is 4. The van der Waals surface area contributed by atoms with Gasteiger partial charge in [-0.3, -0.25) is 0 Å². The van der Waals surface area contributed by atoms with Crippen LogP contribution in [0, 0.1) is 13.8 Å². The molecule has 2 heterocycles. The molecule has 20 heavy (non-hydrogen) atoms. The van der Waals surface area contributed by atoms with Gasteiger partial charge in [-0.15, -0.1) is 0 Å². The third-order valence-corrected chi connectivity index (χ3v) is 4.28. The minimum absolute atomic E-state index is 0.372. The molecule has 0 unspecified atom stereocenters. The minimum atomic E-state index is -0.372. The van der Waals surface area contributed by atoms with Gasteiger partial charge in [0, 0.05) is 11.4 Å². The Morgan fingerprint density at radius 3 is 2.55 bits per heavy atom. The third-order valence-electron chi connectivity index (χ3n) is 3.45. The zero-order valence-electron chi connectivity index (χ0n) is 11.6. The first-order chi connectivity index (χ1) is 9.55. The lowest BCUT2D eigenvalue weighted by Crippen LogP contribution is -2.44. The van der Waals surface area contributed by atoms with Crippen LogP contribution < -0.4 is 5.73 Å². The first kappa shape index (κ1) is 13.5. The minimum Gasteiger partial charge on any atom is -0.338 e. The fourth-order valence-corrected chi connectivity index (χ4v) is 2.97. The lowest BCUT2D eigenvalue weighted by molar-refractivity contribution is 0.229. The molecule has 0 bridgehead atoms. The number of thioether (sulfide) groups is 1. The Morgan fingerprint density at radius 1 is 1.25 bits per heavy atom. The summed E-state index contributed by atoms with van der Waals surface area (Å²) in [6.07, 6.45) is 2.99. The maximum absolute atomic E-state index is 6.17. The summed E-state index contributed by atoms with van der Waals surface area (Å²) in [6.45, 7) is 3.91. The SMILES string of the molecule is Cc1cc(C)nc(SCc2nc(C3(N)CCC3)no2)n1. The van der Waals surface area contributed by atoms with Crippen molar-refractivity contribution in [3.8, 4) is 0 Å². The van der Waals surface area contributed by atoms with Gasteiger partial charge >= 0.3 is 0 Å². The highest BCUT2D eigenvalue weighted by Gasteiger charge is 2.38. The molecule has 2 N–H and O–H groups in total. The van der Waals surface area contributed by atoms with E-state index in [1.54, 1.807) is 0 Å². The van der Waals surface area contributed by atoms with E-state index >= 15 is 0 Å². The summed E-state index contributed by atoms with van der Waals surface area (Å²) in [5.74, 6) is 1.76. The van der Waals surface area contributed by atoms with Crippen LogP contribution in [0.2, 0.25) is 0 Å². The van der Waals surface area contributed by atoms with Crippen molar-refractivity contribution in [3.05, 3.63) is 29.2 Å². The summed E-state index contributed by atoms with van der Waals surface area (Å²) >= 11 is 1.49. The van der Waals surface area contributed by atoms with E-state index in [0.29, 0.717) is 17.5 Å². The first-order valence-electron chi connectivity index (χ1n) is 6.62. The number of hydrogen-bond acceptors (Lipinski definition) is 7. The molecule has 0 radical (unpaired) electrons. The van der Waals surface area contributed by atoms with Crippen LogP contribution in [0.15, 0.2) is 15.7 Å². The molecular formula is C13H17N5OS. The average molecular weight is 291 g/mol. The molecule has 0 atom stereocenters. The van der Waals surface area contributed by atoms with Crippen LogP contribution in [0.4, 0.5) is 0 Å². The predicted molar refractivity (Wildman–Crippen MR) is 75.1 cm³/mol. The van der Waals surface area contributed by atoms with E-state index in [-0.39, 0.29) is 5.54 Å². The van der Waals surface area contributed by atoms with Gasteiger partial charge in [-0.05, 0) is 39.2 Å². The molecule has 0 aliphatic heterocycles. The van der Waals surface area contributed by atoms with Crippen molar-refractivity contribution in [3.63, 3.8) is 0 Å². The Hall–Kier alpha value is -1.47. The van der Waals surface area contributed by atoms with Crippen LogP contribution >= 0.6 is 11.8 Å². The van der Waals surface area contributed by atoms with E-state index in [1.165, 1.54) is 11.8 Å². The number of nitrogens with zero attached hydrogens (tertiary/aromatic N) is 4. The van der Waals surface area contributed by atoms with Gasteiger partial charge in [0.2, 0.25) is 5.89 Å². The Morgan fingerprint density at radius 2 is 1.95 bits per heavy atom. The smallest absolute Gasteiger partial charge is 0.237 e. The first-order valence-corrected chi connectivity index (χ1v) is 7.61. The van der Waals surface area contributed by atoms with Gasteiger partial charge in [-0.1, -0.05) is 16.9 Å². The Labute approximate surface area is 121 Å². The van der Waals surface area contributed by atoms with Crippen molar-refractivity contribution in [2.24, 2.45) is 5.73 Å². The van der Waals surface area contributed by atoms with E-state index < -0.39 is 0 Å². The summed E-state index contributed by atoms with van der Waals surface area (Å²) in [4.78, 5) is 13.1. The number of nitrogens with two attached hydrogens (primary N) is 1. The second-order valence-corrected chi connectivity index (χ2v) is 6.19. The zero-order valence-corrected chi connectivity index (χ0v) is 12.4. The Bertz CT molecular complexity index is 603. The van der Waals surface area contributed by atoms with E-state index in [0.717, 1.165) is 35.8 Å². The topological polar surface area (TPSA) is 90.7 Å². The number of aryl methyl sites for hydroxylation is 2. The molecule has 1 aliphatic rings. The molecule has 106 valence electrons. The fraction of sp³-hybridized carbons (Fsp3) is 0.538. The van der Waals surface area contributed by atoms with Gasteiger partial charge in [-0.2, -0.15) is 4.98 Å². The van der Waals surface area contributed by atoms with Crippen LogP contribution in [0.1, 0.15) is 42.4 Å². The van der Waals surface area contributed by atoms with Gasteiger partial charge in [-0.25, -0.2) is 9.97 Å². The zero-order chi connectivity index (χ0) is 14.2. The molecule has 0 spiro atoms.